The van der Waals surface area contributed by atoms with Crippen molar-refractivity contribution in [3.05, 3.63) is 52.9 Å². The summed E-state index contributed by atoms with van der Waals surface area (Å²) < 4.78 is 38.6. The zero-order chi connectivity index (χ0) is 14.9. The largest absolute Gasteiger partial charge is 0.398 e. The number of rotatable bonds is 3. The minimum atomic E-state index is -1.64. The third-order valence-electron chi connectivity index (χ3n) is 3.08. The number of halogens is 2. The lowest BCUT2D eigenvalue weighted by Crippen LogP contribution is -2.06. The van der Waals surface area contributed by atoms with Crippen molar-refractivity contribution in [3.8, 4) is 0 Å². The van der Waals surface area contributed by atoms with Crippen LogP contribution in [0.15, 0.2) is 29.3 Å². The highest BCUT2D eigenvalue weighted by molar-refractivity contribution is 7.84. The summed E-state index contributed by atoms with van der Waals surface area (Å²) in [6.45, 7) is 3.61. The van der Waals surface area contributed by atoms with E-state index < -0.39 is 22.4 Å². The van der Waals surface area contributed by atoms with Gasteiger partial charge in [-0.05, 0) is 37.1 Å². The van der Waals surface area contributed by atoms with Crippen molar-refractivity contribution < 1.29 is 13.0 Å². The molecule has 0 aliphatic carbocycles. The molecular weight excluding hydrogens is 282 g/mol. The summed E-state index contributed by atoms with van der Waals surface area (Å²) in [7, 11) is -1.64. The van der Waals surface area contributed by atoms with Crippen LogP contribution in [0.5, 0.6) is 0 Å². The lowest BCUT2D eigenvalue weighted by atomic mass is 10.1. The van der Waals surface area contributed by atoms with Crippen LogP contribution in [0.4, 0.5) is 14.5 Å². The van der Waals surface area contributed by atoms with Gasteiger partial charge in [0.15, 0.2) is 0 Å². The third-order valence-corrected chi connectivity index (χ3v) is 4.44. The van der Waals surface area contributed by atoms with E-state index in [0.29, 0.717) is 11.4 Å². The lowest BCUT2D eigenvalue weighted by molar-refractivity contribution is 0.562. The Kier molecular flexibility index (Phi) is 4.13. The second kappa shape index (κ2) is 5.66. The number of nitrogens with zero attached hydrogens (tertiary/aromatic N) is 1. The highest BCUT2D eigenvalue weighted by Gasteiger charge is 2.15. The van der Waals surface area contributed by atoms with E-state index in [-0.39, 0.29) is 10.6 Å². The number of hydrogen-bond donors (Lipinski definition) is 1. The summed E-state index contributed by atoms with van der Waals surface area (Å²) in [5.41, 5.74) is 8.60. The van der Waals surface area contributed by atoms with Gasteiger partial charge in [0, 0.05) is 18.0 Å². The van der Waals surface area contributed by atoms with Crippen LogP contribution >= 0.6 is 0 Å². The fourth-order valence-electron chi connectivity index (χ4n) is 1.80. The van der Waals surface area contributed by atoms with Crippen molar-refractivity contribution in [1.82, 2.24) is 4.98 Å². The predicted molar refractivity (Wildman–Crippen MR) is 74.6 cm³/mol. The van der Waals surface area contributed by atoms with Crippen LogP contribution in [0.3, 0.4) is 0 Å². The highest BCUT2D eigenvalue weighted by atomic mass is 32.2. The van der Waals surface area contributed by atoms with Gasteiger partial charge in [0.2, 0.25) is 0 Å². The minimum absolute atomic E-state index is 0.0354. The topological polar surface area (TPSA) is 56.0 Å². The maximum Gasteiger partial charge on any atom is 0.142 e. The predicted octanol–water partition coefficient (Wildman–Crippen LogP) is 2.87. The molecule has 0 bridgehead atoms. The molecule has 20 heavy (non-hydrogen) atoms. The summed E-state index contributed by atoms with van der Waals surface area (Å²) >= 11 is 0. The summed E-state index contributed by atoms with van der Waals surface area (Å²) in [6, 6.07) is 2.99. The number of hydrogen-bond acceptors (Lipinski definition) is 3. The molecule has 3 nitrogen and oxygen atoms in total. The van der Waals surface area contributed by atoms with Crippen LogP contribution < -0.4 is 5.73 Å². The Morgan fingerprint density at radius 1 is 1.30 bits per heavy atom. The average Bonchev–Trinajstić information content (AvgIpc) is 2.39. The van der Waals surface area contributed by atoms with E-state index in [1.165, 1.54) is 6.07 Å². The molecule has 0 aliphatic rings. The van der Waals surface area contributed by atoms with Gasteiger partial charge in [0.05, 0.1) is 27.1 Å². The molecule has 0 saturated heterocycles. The van der Waals surface area contributed by atoms with Crippen molar-refractivity contribution in [1.29, 1.82) is 0 Å². The zero-order valence-electron chi connectivity index (χ0n) is 11.1. The first-order valence-corrected chi connectivity index (χ1v) is 7.26. The molecule has 2 rings (SSSR count). The Balaban J connectivity index is 2.30. The molecule has 0 saturated carbocycles. The van der Waals surface area contributed by atoms with Crippen molar-refractivity contribution in [2.24, 2.45) is 0 Å². The van der Waals surface area contributed by atoms with Crippen LogP contribution in [0.2, 0.25) is 0 Å². The molecule has 0 radical (unpaired) electrons. The van der Waals surface area contributed by atoms with E-state index in [4.69, 9.17) is 5.73 Å². The minimum Gasteiger partial charge on any atom is -0.398 e. The van der Waals surface area contributed by atoms with E-state index >= 15 is 0 Å². The number of benzene rings is 1. The third kappa shape index (κ3) is 2.85. The van der Waals surface area contributed by atoms with E-state index in [2.05, 4.69) is 4.98 Å². The lowest BCUT2D eigenvalue weighted by Gasteiger charge is -2.10. The van der Waals surface area contributed by atoms with E-state index in [1.807, 2.05) is 6.92 Å². The van der Waals surface area contributed by atoms with Gasteiger partial charge >= 0.3 is 0 Å². The first-order valence-electron chi connectivity index (χ1n) is 5.94. The van der Waals surface area contributed by atoms with E-state index in [1.54, 1.807) is 13.1 Å². The Labute approximate surface area is 118 Å². The van der Waals surface area contributed by atoms with Gasteiger partial charge in [-0.1, -0.05) is 0 Å². The van der Waals surface area contributed by atoms with Crippen LogP contribution in [0.1, 0.15) is 16.8 Å². The quantitative estimate of drug-likeness (QED) is 0.947. The zero-order valence-corrected chi connectivity index (χ0v) is 11.9. The number of aryl methyl sites for hydroxylation is 1. The molecule has 1 aromatic heterocycles. The van der Waals surface area contributed by atoms with Crippen LogP contribution in [-0.4, -0.2) is 9.19 Å². The number of nitrogen functional groups attached to an aromatic ring is 1. The van der Waals surface area contributed by atoms with Crippen molar-refractivity contribution in [3.63, 3.8) is 0 Å². The molecule has 0 amide bonds. The molecule has 2 aromatic rings. The SMILES string of the molecule is Cc1cnc(CS(=O)c2ccc(F)cc2F)c(C)c1N. The maximum absolute atomic E-state index is 13.6. The molecule has 0 spiro atoms. The molecule has 106 valence electrons. The van der Waals surface area contributed by atoms with Crippen molar-refractivity contribution in [2.45, 2.75) is 24.5 Å². The standard InChI is InChI=1S/C14H14F2N2OS/c1-8-6-18-12(9(2)14(8)17)7-20(19)13-4-3-10(15)5-11(13)16/h3-6H,7H2,1-2H3,(H2,17,18). The molecule has 0 fully saturated rings. The van der Waals surface area contributed by atoms with Crippen LogP contribution in [0, 0.1) is 25.5 Å². The first kappa shape index (κ1) is 14.6. The van der Waals surface area contributed by atoms with Gasteiger partial charge < -0.3 is 5.73 Å². The fraction of sp³-hybridized carbons (Fsp3) is 0.214. The molecule has 1 unspecified atom stereocenters. The van der Waals surface area contributed by atoms with Gasteiger partial charge in [-0.3, -0.25) is 9.19 Å². The van der Waals surface area contributed by atoms with Gasteiger partial charge in [0.25, 0.3) is 0 Å². The van der Waals surface area contributed by atoms with Gasteiger partial charge in [0.1, 0.15) is 11.6 Å². The van der Waals surface area contributed by atoms with Gasteiger partial charge in [-0.2, -0.15) is 0 Å². The normalized spacial score (nSPS) is 12.4. The number of aromatic nitrogens is 1. The molecule has 6 heteroatoms. The molecular formula is C14H14F2N2OS. The fourth-order valence-corrected chi connectivity index (χ4v) is 2.99. The monoisotopic (exact) mass is 296 g/mol. The van der Waals surface area contributed by atoms with Gasteiger partial charge in [-0.15, -0.1) is 0 Å². The Morgan fingerprint density at radius 2 is 2.00 bits per heavy atom. The number of pyridine rings is 1. The summed E-state index contributed by atoms with van der Waals surface area (Å²) in [5.74, 6) is -1.48. The number of nitrogens with two attached hydrogens (primary N) is 1. The first-order chi connectivity index (χ1) is 9.40. The molecule has 1 atom stereocenters. The van der Waals surface area contributed by atoms with Gasteiger partial charge in [-0.25, -0.2) is 8.78 Å². The Morgan fingerprint density at radius 3 is 2.65 bits per heavy atom. The smallest absolute Gasteiger partial charge is 0.142 e. The molecule has 2 N–H and O–H groups in total. The van der Waals surface area contributed by atoms with E-state index in [9.17, 15) is 13.0 Å². The highest BCUT2D eigenvalue weighted by Crippen LogP contribution is 2.22. The van der Waals surface area contributed by atoms with Crippen LogP contribution in [-0.2, 0) is 16.6 Å². The maximum atomic E-state index is 13.6. The number of anilines is 1. The second-order valence-electron chi connectivity index (χ2n) is 4.49. The van der Waals surface area contributed by atoms with Crippen molar-refractivity contribution in [2.75, 3.05) is 5.73 Å². The molecule has 1 aromatic carbocycles. The van der Waals surface area contributed by atoms with E-state index in [0.717, 1.165) is 23.3 Å². The van der Waals surface area contributed by atoms with Crippen molar-refractivity contribution >= 4 is 16.5 Å². The second-order valence-corrected chi connectivity index (χ2v) is 5.91. The van der Waals surface area contributed by atoms with Crippen LogP contribution in [0.25, 0.3) is 0 Å². The molecule has 1 heterocycles. The summed E-state index contributed by atoms with van der Waals surface area (Å²) in [4.78, 5) is 4.15. The summed E-state index contributed by atoms with van der Waals surface area (Å²) in [6.07, 6.45) is 1.59. The molecule has 0 aliphatic heterocycles. The Hall–Kier alpha value is -1.82. The summed E-state index contributed by atoms with van der Waals surface area (Å²) in [5, 5.41) is 0. The average molecular weight is 296 g/mol. The Bertz CT molecular complexity index is 689.